The number of aliphatic carboxylic acids is 1. The fourth-order valence-corrected chi connectivity index (χ4v) is 12.9. The van der Waals surface area contributed by atoms with Gasteiger partial charge >= 0.3 is 42.9 Å². The summed E-state index contributed by atoms with van der Waals surface area (Å²) in [7, 11) is -3.88. The van der Waals surface area contributed by atoms with Gasteiger partial charge < -0.3 is 65.4 Å². The Morgan fingerprint density at radius 2 is 0.847 bits per heavy atom. The lowest BCUT2D eigenvalue weighted by Crippen LogP contribution is -2.57. The number of nitrogens with zero attached hydrogens (tertiary/aromatic N) is 5. The van der Waals surface area contributed by atoms with E-state index in [0.29, 0.717) is 48.6 Å². The van der Waals surface area contributed by atoms with E-state index in [-0.39, 0.29) is 125 Å². The second-order valence-electron chi connectivity index (χ2n) is 29.2. The number of halogens is 14. The number of nitrogens with one attached hydrogen (secondary N) is 4. The monoisotopic (exact) mass is 1750 g/mol. The summed E-state index contributed by atoms with van der Waals surface area (Å²) in [6.45, 7) is 20.0. The van der Waals surface area contributed by atoms with Gasteiger partial charge in [0, 0.05) is 50.9 Å². The molecule has 654 valence electrons. The highest BCUT2D eigenvalue weighted by molar-refractivity contribution is 7.89. The minimum Gasteiger partial charge on any atom is -0.480 e. The largest absolute Gasteiger partial charge is 0.480 e. The van der Waals surface area contributed by atoms with Crippen LogP contribution < -0.4 is 27.0 Å². The Balaban J connectivity index is 0.000000325. The molecule has 41 heteroatoms. The van der Waals surface area contributed by atoms with Crippen LogP contribution in [-0.2, 0) is 82.3 Å². The van der Waals surface area contributed by atoms with Crippen LogP contribution in [0.4, 0.5) is 62.3 Å². The second-order valence-corrected chi connectivity index (χ2v) is 31.1. The van der Waals surface area contributed by atoms with Gasteiger partial charge in [-0.25, -0.2) is 22.8 Å². The van der Waals surface area contributed by atoms with Crippen molar-refractivity contribution in [2.45, 2.75) is 158 Å². The van der Waals surface area contributed by atoms with Gasteiger partial charge in [-0.2, -0.15) is 62.3 Å². The molecule has 5 aromatic carbocycles. The topological polar surface area (TPSA) is 340 Å². The number of ether oxygens (including phenoxy) is 6. The predicted molar refractivity (Wildman–Crippen MR) is 408 cm³/mol. The van der Waals surface area contributed by atoms with Crippen LogP contribution >= 0.6 is 24.8 Å². The van der Waals surface area contributed by atoms with Crippen molar-refractivity contribution in [2.75, 3.05) is 92.1 Å². The van der Waals surface area contributed by atoms with Crippen molar-refractivity contribution in [3.63, 3.8) is 0 Å². The number of morpholine rings is 4. The smallest absolute Gasteiger partial charge is 0.416 e. The number of rotatable bonds is 14. The van der Waals surface area contributed by atoms with Crippen molar-refractivity contribution in [1.82, 2.24) is 40.3 Å². The van der Waals surface area contributed by atoms with Gasteiger partial charge in [-0.05, 0) is 158 Å². The van der Waals surface area contributed by atoms with E-state index in [9.17, 15) is 94.7 Å². The van der Waals surface area contributed by atoms with E-state index in [1.54, 1.807) is 69.2 Å². The van der Waals surface area contributed by atoms with Crippen molar-refractivity contribution >= 4 is 76.6 Å². The number of hydrogen-bond donors (Lipinski definition) is 6. The Kier molecular flexibility index (Phi) is 37.5. The van der Waals surface area contributed by atoms with Crippen molar-refractivity contribution in [3.8, 4) is 6.07 Å². The fourth-order valence-electron chi connectivity index (χ4n) is 11.4. The van der Waals surface area contributed by atoms with E-state index in [4.69, 9.17) is 44.5 Å². The number of hydrogen-bond acceptors (Lipinski definition) is 18. The average molecular weight is 1750 g/mol. The third-order valence-electron chi connectivity index (χ3n) is 17.8. The van der Waals surface area contributed by atoms with Crippen molar-refractivity contribution < 1.29 is 128 Å². The molecule has 0 saturated carbocycles. The van der Waals surface area contributed by atoms with Crippen LogP contribution in [0.3, 0.4) is 0 Å². The summed E-state index contributed by atoms with van der Waals surface area (Å²) >= 11 is 0. The quantitative estimate of drug-likeness (QED) is 0.0563. The molecule has 7 N–H and O–H groups in total. The van der Waals surface area contributed by atoms with E-state index >= 15 is 0 Å². The fraction of sp³-hybridized carbons (Fsp3) is 0.506. The summed E-state index contributed by atoms with van der Waals surface area (Å²) in [5, 5.41) is 29.1. The predicted octanol–water partition coefficient (Wildman–Crippen LogP) is 12.2. The molecule has 5 fully saturated rings. The molecular formula is C77H96Cl2F12N10O16S. The highest BCUT2D eigenvalue weighted by atomic mass is 35.5. The number of carbonyl (C=O) groups excluding carboxylic acids is 6. The zero-order chi connectivity index (χ0) is 86.6. The van der Waals surface area contributed by atoms with Gasteiger partial charge in [-0.15, -0.1) is 24.8 Å². The highest BCUT2D eigenvalue weighted by Crippen LogP contribution is 2.35. The molecule has 5 saturated heterocycles. The summed E-state index contributed by atoms with van der Waals surface area (Å²) in [6.07, 6.45) is -18.7. The number of carboxylic acid groups (broad SMARTS) is 1. The maximum atomic E-state index is 13.4. The Morgan fingerprint density at radius 3 is 1.19 bits per heavy atom. The third kappa shape index (κ3) is 30.6. The van der Waals surface area contributed by atoms with Gasteiger partial charge in [-0.1, -0.05) is 54.6 Å². The van der Waals surface area contributed by atoms with Crippen LogP contribution in [0.5, 0.6) is 0 Å². The minimum atomic E-state index is -4.48. The molecule has 10 rings (SSSR count). The molecule has 0 radical (unpaired) electrons. The zero-order valence-electron chi connectivity index (χ0n) is 65.8. The van der Waals surface area contributed by atoms with Gasteiger partial charge in [0.15, 0.2) is 6.04 Å². The van der Waals surface area contributed by atoms with E-state index in [2.05, 4.69) is 21.3 Å². The molecule has 0 bridgehead atoms. The number of nitrogens with two attached hydrogens (primary N) is 1. The highest BCUT2D eigenvalue weighted by Gasteiger charge is 2.42. The lowest BCUT2D eigenvalue weighted by Gasteiger charge is -2.36. The normalized spacial score (nSPS) is 19.1. The number of carbonyl (C=O) groups is 7. The van der Waals surface area contributed by atoms with Crippen LogP contribution in [-0.4, -0.2) is 202 Å². The molecule has 5 aliphatic rings. The minimum absolute atomic E-state index is 0. The molecule has 0 aliphatic carbocycles. The third-order valence-corrected chi connectivity index (χ3v) is 19.7. The summed E-state index contributed by atoms with van der Waals surface area (Å²) in [5.41, 5.74) is 3.61. The molecule has 118 heavy (non-hydrogen) atoms. The Hall–Kier alpha value is -9.11. The number of alkyl halides is 12. The number of nitriles is 1. The summed E-state index contributed by atoms with van der Waals surface area (Å²) < 4.78 is 209. The molecule has 5 aromatic rings. The van der Waals surface area contributed by atoms with Crippen LogP contribution in [0.25, 0.3) is 0 Å². The molecular weight excluding hydrogens is 1650 g/mol. The summed E-state index contributed by atoms with van der Waals surface area (Å²) in [4.78, 5) is 89.8. The molecule has 26 nitrogen and oxygen atoms in total. The molecule has 6 amide bonds. The van der Waals surface area contributed by atoms with Gasteiger partial charge in [-0.3, -0.25) is 29.0 Å². The lowest BCUT2D eigenvalue weighted by atomic mass is 10.0. The van der Waals surface area contributed by atoms with E-state index in [1.165, 1.54) is 87.5 Å². The summed E-state index contributed by atoms with van der Waals surface area (Å²) in [5.74, 6) is -3.25. The number of sulfonamides is 1. The van der Waals surface area contributed by atoms with E-state index in [0.717, 1.165) is 52.8 Å². The maximum absolute atomic E-state index is 13.4. The molecule has 0 aromatic heterocycles. The molecule has 0 unspecified atom stereocenters. The first-order valence-corrected chi connectivity index (χ1v) is 37.8. The molecule has 5 aliphatic heterocycles. The van der Waals surface area contributed by atoms with Crippen molar-refractivity contribution in [3.05, 3.63) is 171 Å². The van der Waals surface area contributed by atoms with E-state index < -0.39 is 140 Å². The average Bonchev–Trinajstić information content (AvgIpc) is 0.771. The second kappa shape index (κ2) is 43.7. The standard InChI is InChI=1S/C25H25F3N4O5S.C19H25F3N2O4.C14H17F3N2O2.C10H17NO5.C9H10F3N.2ClH/c1-16(18-5-7-20(8-6-18)25(26,27)28)30-23(33)22-15-37-10-9-32(22)24(34)19-3-2-4-21(11-19)38(35,36)31-13-17(12-29)14-31;1-12(13-5-7-14(8-6-13)19(20,21)22)23-16(25)15-11-27-10-9-24(15)17(26)28-18(2,3)4;1-9(19-13(20)12-8-21-7-6-18-12)10-2-4-11(5-3-10)14(15,16)17;1-10(2,3)16-9(14)11-4-5-15-6-7(11)8(12)13;1-6(13)7-2-4-8(5-3-7)9(10,11)12;;/h2-8,11,16-17,22H,9-10,13-15H2,1H3,(H,30,33);5-8,12,15H,9-11H2,1-4H3,(H,23,25);2-5,9,12,18H,6-8H2,1H3,(H,19,20);7H,4-6H2,1-3H3,(H,12,13);2-6H,13H2,1H3;2*1H/t16-,22-;12-,15-;9-,12-;7-;6-;;/m11111../s1. The number of benzene rings is 5. The first kappa shape index (κ1) is 101. The first-order valence-electron chi connectivity index (χ1n) is 36.3. The first-order chi connectivity index (χ1) is 53.9. The van der Waals surface area contributed by atoms with Crippen molar-refractivity contribution in [1.29, 1.82) is 5.26 Å². The van der Waals surface area contributed by atoms with Gasteiger partial charge in [0.1, 0.15) is 29.3 Å². The Labute approximate surface area is 686 Å². The van der Waals surface area contributed by atoms with Crippen LogP contribution in [0.2, 0.25) is 0 Å². The lowest BCUT2D eigenvalue weighted by molar-refractivity contribution is -0.149. The molecule has 5 heterocycles. The molecule has 0 spiro atoms. The summed E-state index contributed by atoms with van der Waals surface area (Å²) in [6, 6.07) is 21.1. The van der Waals surface area contributed by atoms with Crippen LogP contribution in [0.15, 0.2) is 126 Å². The van der Waals surface area contributed by atoms with Gasteiger partial charge in [0.25, 0.3) is 5.91 Å². The van der Waals surface area contributed by atoms with Crippen molar-refractivity contribution in [2.24, 2.45) is 11.7 Å². The maximum Gasteiger partial charge on any atom is 0.416 e. The SMILES string of the molecule is CC(C)(C)OC(=O)N1CCOC[C@@H]1C(=O)O.C[C@@H](N)c1ccc(C(F)(F)F)cc1.C[C@@H](NC(=O)[C@H]1COCCN1)c1ccc(C(F)(F)F)cc1.C[C@@H](NC(=O)[C@H]1COCCN1C(=O)OC(C)(C)C)c1ccc(C(F)(F)F)cc1.C[C@@H](NC(=O)[C@H]1COCCN1C(=O)c1cccc(S(=O)(=O)N2CC(C#N)C2)c1)c1ccc(C(F)(F)F)cc1.Cl.Cl. The van der Waals surface area contributed by atoms with Crippen LogP contribution in [0, 0.1) is 17.2 Å². The Morgan fingerprint density at radius 1 is 0.508 bits per heavy atom. The number of amides is 6. The van der Waals surface area contributed by atoms with E-state index in [1.807, 2.05) is 6.07 Å². The zero-order valence-corrected chi connectivity index (χ0v) is 68.2. The van der Waals surface area contributed by atoms with Crippen LogP contribution in [0.1, 0.15) is 148 Å². The Bertz CT molecular complexity index is 4280. The number of carboxylic acids is 1. The molecule has 8 atom stereocenters. The van der Waals surface area contributed by atoms with Gasteiger partial charge in [0.2, 0.25) is 27.7 Å². The van der Waals surface area contributed by atoms with Gasteiger partial charge in [0.05, 0.1) is 110 Å².